The van der Waals surface area contributed by atoms with Gasteiger partial charge in [0, 0.05) is 11.7 Å². The zero-order valence-electron chi connectivity index (χ0n) is 10.5. The summed E-state index contributed by atoms with van der Waals surface area (Å²) in [5, 5.41) is 1.12. The molecule has 1 aromatic heterocycles. The van der Waals surface area contributed by atoms with Crippen LogP contribution < -0.4 is 0 Å². The first-order valence-corrected chi connectivity index (χ1v) is 6.04. The molecule has 0 bridgehead atoms. The number of hydrogen-bond donors (Lipinski definition) is 1. The predicted molar refractivity (Wildman–Crippen MR) is 75.1 cm³/mol. The number of aromatic nitrogens is 1. The largest absolute Gasteiger partial charge is 0.465 e. The summed E-state index contributed by atoms with van der Waals surface area (Å²) in [4.78, 5) is 14.9. The molecule has 0 spiro atoms. The van der Waals surface area contributed by atoms with Crippen molar-refractivity contribution in [1.29, 1.82) is 0 Å². The Hall–Kier alpha value is -2.55. The molecule has 0 aliphatic heterocycles. The van der Waals surface area contributed by atoms with Gasteiger partial charge in [0.25, 0.3) is 0 Å². The summed E-state index contributed by atoms with van der Waals surface area (Å²) in [6.45, 7) is 0. The molecule has 0 atom stereocenters. The number of benzene rings is 2. The van der Waals surface area contributed by atoms with E-state index in [1.54, 1.807) is 6.07 Å². The van der Waals surface area contributed by atoms with E-state index in [1.807, 2.05) is 42.6 Å². The summed E-state index contributed by atoms with van der Waals surface area (Å²) < 4.78 is 4.83. The van der Waals surface area contributed by atoms with Crippen LogP contribution in [0.2, 0.25) is 0 Å². The molecule has 94 valence electrons. The fraction of sp³-hybridized carbons (Fsp3) is 0.0625. The van der Waals surface area contributed by atoms with Crippen LogP contribution in [0.4, 0.5) is 0 Å². The van der Waals surface area contributed by atoms with Gasteiger partial charge in [0.15, 0.2) is 0 Å². The van der Waals surface area contributed by atoms with E-state index < -0.39 is 0 Å². The fourth-order valence-corrected chi connectivity index (χ4v) is 2.24. The standard InChI is InChI=1S/C16H13NO2/c1-19-16(18)14-5-3-2-4-13(14)11-6-7-15-12(10-11)8-9-17-15/h2-10,17H,1H3. The third-order valence-corrected chi connectivity index (χ3v) is 3.20. The molecule has 0 saturated heterocycles. The van der Waals surface area contributed by atoms with Crippen molar-refractivity contribution in [1.82, 2.24) is 4.98 Å². The lowest BCUT2D eigenvalue weighted by Crippen LogP contribution is -2.03. The SMILES string of the molecule is COC(=O)c1ccccc1-c1ccc2[nH]ccc2c1. The first kappa shape index (κ1) is 11.5. The maximum absolute atomic E-state index is 11.8. The van der Waals surface area contributed by atoms with Crippen LogP contribution in [-0.2, 0) is 4.74 Å². The number of carbonyl (C=O) groups is 1. The molecule has 3 heteroatoms. The first-order chi connectivity index (χ1) is 9.29. The fourth-order valence-electron chi connectivity index (χ4n) is 2.24. The molecule has 0 aliphatic rings. The van der Waals surface area contributed by atoms with Crippen LogP contribution in [0.25, 0.3) is 22.0 Å². The zero-order chi connectivity index (χ0) is 13.2. The van der Waals surface area contributed by atoms with Crippen LogP contribution in [0.1, 0.15) is 10.4 Å². The summed E-state index contributed by atoms with van der Waals surface area (Å²) in [5.74, 6) is -0.315. The third kappa shape index (κ3) is 1.99. The second-order valence-electron chi connectivity index (χ2n) is 4.32. The van der Waals surface area contributed by atoms with E-state index in [9.17, 15) is 4.79 Å². The molecule has 3 rings (SSSR count). The number of ether oxygens (including phenoxy) is 1. The number of nitrogens with one attached hydrogen (secondary N) is 1. The minimum atomic E-state index is -0.315. The van der Waals surface area contributed by atoms with Crippen LogP contribution in [0, 0.1) is 0 Å². The van der Waals surface area contributed by atoms with Gasteiger partial charge in [-0.1, -0.05) is 24.3 Å². The van der Waals surface area contributed by atoms with E-state index in [1.165, 1.54) is 7.11 Å². The average molecular weight is 251 g/mol. The molecule has 1 heterocycles. The summed E-state index contributed by atoms with van der Waals surface area (Å²) in [7, 11) is 1.40. The number of H-pyrrole nitrogens is 1. The van der Waals surface area contributed by atoms with Crippen molar-refractivity contribution in [2.24, 2.45) is 0 Å². The highest BCUT2D eigenvalue weighted by atomic mass is 16.5. The number of aromatic amines is 1. The lowest BCUT2D eigenvalue weighted by atomic mass is 9.99. The van der Waals surface area contributed by atoms with Crippen LogP contribution in [0.15, 0.2) is 54.7 Å². The van der Waals surface area contributed by atoms with Crippen molar-refractivity contribution in [3.63, 3.8) is 0 Å². The van der Waals surface area contributed by atoms with E-state index in [2.05, 4.69) is 11.1 Å². The molecular formula is C16H13NO2. The number of hydrogen-bond acceptors (Lipinski definition) is 2. The lowest BCUT2D eigenvalue weighted by molar-refractivity contribution is 0.0601. The Bertz CT molecular complexity index is 743. The second kappa shape index (κ2) is 4.61. The van der Waals surface area contributed by atoms with Crippen molar-refractivity contribution >= 4 is 16.9 Å². The van der Waals surface area contributed by atoms with Crippen LogP contribution in [0.5, 0.6) is 0 Å². The molecule has 0 fully saturated rings. The highest BCUT2D eigenvalue weighted by molar-refractivity contribution is 5.98. The Morgan fingerprint density at radius 1 is 1.11 bits per heavy atom. The van der Waals surface area contributed by atoms with Gasteiger partial charge in [0.05, 0.1) is 12.7 Å². The Labute approximate surface area is 110 Å². The van der Waals surface area contributed by atoms with Crippen LogP contribution in [0.3, 0.4) is 0 Å². The summed E-state index contributed by atoms with van der Waals surface area (Å²) in [6, 6.07) is 15.6. The number of methoxy groups -OCH3 is 1. The normalized spacial score (nSPS) is 10.6. The van der Waals surface area contributed by atoms with E-state index in [4.69, 9.17) is 4.74 Å². The number of fused-ring (bicyclic) bond motifs is 1. The quantitative estimate of drug-likeness (QED) is 0.707. The highest BCUT2D eigenvalue weighted by Crippen LogP contribution is 2.27. The monoisotopic (exact) mass is 251 g/mol. The molecule has 2 aromatic carbocycles. The minimum Gasteiger partial charge on any atom is -0.465 e. The molecule has 3 aromatic rings. The molecule has 19 heavy (non-hydrogen) atoms. The van der Waals surface area contributed by atoms with E-state index >= 15 is 0 Å². The molecule has 1 N–H and O–H groups in total. The van der Waals surface area contributed by atoms with Crippen molar-refractivity contribution in [3.8, 4) is 11.1 Å². The molecule has 3 nitrogen and oxygen atoms in total. The van der Waals surface area contributed by atoms with Crippen molar-refractivity contribution < 1.29 is 9.53 Å². The number of carbonyl (C=O) groups excluding carboxylic acids is 1. The highest BCUT2D eigenvalue weighted by Gasteiger charge is 2.12. The first-order valence-electron chi connectivity index (χ1n) is 6.04. The van der Waals surface area contributed by atoms with E-state index in [0.717, 1.165) is 22.0 Å². The number of rotatable bonds is 2. The smallest absolute Gasteiger partial charge is 0.338 e. The van der Waals surface area contributed by atoms with Crippen LogP contribution in [-0.4, -0.2) is 18.1 Å². The zero-order valence-corrected chi connectivity index (χ0v) is 10.5. The topological polar surface area (TPSA) is 42.1 Å². The molecular weight excluding hydrogens is 238 g/mol. The van der Waals surface area contributed by atoms with Gasteiger partial charge >= 0.3 is 5.97 Å². The predicted octanol–water partition coefficient (Wildman–Crippen LogP) is 3.62. The van der Waals surface area contributed by atoms with Crippen molar-refractivity contribution in [3.05, 3.63) is 60.3 Å². The molecule has 0 aliphatic carbocycles. The second-order valence-corrected chi connectivity index (χ2v) is 4.32. The van der Waals surface area contributed by atoms with Gasteiger partial charge in [-0.2, -0.15) is 0 Å². The summed E-state index contributed by atoms with van der Waals surface area (Å²) >= 11 is 0. The van der Waals surface area contributed by atoms with Crippen molar-refractivity contribution in [2.45, 2.75) is 0 Å². The van der Waals surface area contributed by atoms with E-state index in [-0.39, 0.29) is 5.97 Å². The Morgan fingerprint density at radius 3 is 2.79 bits per heavy atom. The molecule has 0 unspecified atom stereocenters. The summed E-state index contributed by atoms with van der Waals surface area (Å²) in [5.41, 5.74) is 3.56. The number of esters is 1. The maximum atomic E-state index is 11.8. The van der Waals surface area contributed by atoms with Gasteiger partial charge in [-0.05, 0) is 40.8 Å². The Balaban J connectivity index is 2.17. The summed E-state index contributed by atoms with van der Waals surface area (Å²) in [6.07, 6.45) is 1.90. The van der Waals surface area contributed by atoms with E-state index in [0.29, 0.717) is 5.56 Å². The minimum absolute atomic E-state index is 0.315. The average Bonchev–Trinajstić information content (AvgIpc) is 2.93. The van der Waals surface area contributed by atoms with Gasteiger partial charge in [-0.25, -0.2) is 4.79 Å². The Kier molecular flexibility index (Phi) is 2.80. The van der Waals surface area contributed by atoms with Gasteiger partial charge in [-0.15, -0.1) is 0 Å². The maximum Gasteiger partial charge on any atom is 0.338 e. The van der Waals surface area contributed by atoms with Gasteiger partial charge in [-0.3, -0.25) is 0 Å². The van der Waals surface area contributed by atoms with Gasteiger partial charge in [0.1, 0.15) is 0 Å². The van der Waals surface area contributed by atoms with Crippen molar-refractivity contribution in [2.75, 3.05) is 7.11 Å². The molecule has 0 radical (unpaired) electrons. The Morgan fingerprint density at radius 2 is 1.95 bits per heavy atom. The van der Waals surface area contributed by atoms with Gasteiger partial charge < -0.3 is 9.72 Å². The third-order valence-electron chi connectivity index (χ3n) is 3.20. The van der Waals surface area contributed by atoms with Gasteiger partial charge in [0.2, 0.25) is 0 Å². The lowest BCUT2D eigenvalue weighted by Gasteiger charge is -2.08. The molecule has 0 saturated carbocycles. The van der Waals surface area contributed by atoms with Crippen LogP contribution >= 0.6 is 0 Å². The molecule has 0 amide bonds.